The number of nitrogens with zero attached hydrogens (tertiary/aromatic N) is 4. The van der Waals surface area contributed by atoms with Gasteiger partial charge in [-0.2, -0.15) is 0 Å². The predicted molar refractivity (Wildman–Crippen MR) is 179 cm³/mol. The zero-order chi connectivity index (χ0) is 32.2. The Bertz CT molecular complexity index is 1800. The molecular formula is C34H36N6O5S. The number of pyridine rings is 1. The first-order valence-electron chi connectivity index (χ1n) is 15.3. The van der Waals surface area contributed by atoms with Gasteiger partial charge in [-0.25, -0.2) is 0 Å². The molecule has 238 valence electrons. The van der Waals surface area contributed by atoms with Crippen molar-refractivity contribution in [2.24, 2.45) is 12.0 Å². The van der Waals surface area contributed by atoms with Gasteiger partial charge in [0.2, 0.25) is 5.91 Å². The highest BCUT2D eigenvalue weighted by molar-refractivity contribution is 7.13. The summed E-state index contributed by atoms with van der Waals surface area (Å²) in [6, 6.07) is 11.0. The number of aromatic nitrogens is 2. The van der Waals surface area contributed by atoms with E-state index < -0.39 is 0 Å². The van der Waals surface area contributed by atoms with E-state index >= 15 is 0 Å². The quantitative estimate of drug-likeness (QED) is 0.198. The lowest BCUT2D eigenvalue weighted by Crippen LogP contribution is -2.43. The zero-order valence-electron chi connectivity index (χ0n) is 26.0. The molecule has 12 heteroatoms. The van der Waals surface area contributed by atoms with Gasteiger partial charge < -0.3 is 29.6 Å². The number of carbonyl (C=O) groups is 3. The van der Waals surface area contributed by atoms with Crippen LogP contribution in [0.1, 0.15) is 58.5 Å². The molecule has 0 saturated carbocycles. The molecule has 6 rings (SSSR count). The number of anilines is 2. The van der Waals surface area contributed by atoms with Crippen LogP contribution in [0.25, 0.3) is 10.6 Å². The number of carbonyl (C=O) groups excluding carboxylic acids is 3. The van der Waals surface area contributed by atoms with E-state index in [-0.39, 0.29) is 36.8 Å². The molecule has 46 heavy (non-hydrogen) atoms. The molecule has 5 heterocycles. The van der Waals surface area contributed by atoms with Crippen LogP contribution in [0.15, 0.2) is 59.2 Å². The first kappa shape index (κ1) is 31.0. The summed E-state index contributed by atoms with van der Waals surface area (Å²) in [7, 11) is 3.28. The molecule has 0 aliphatic carbocycles. The number of piperidine rings is 1. The molecule has 1 fully saturated rings. The van der Waals surface area contributed by atoms with Crippen molar-refractivity contribution in [3.05, 3.63) is 71.0 Å². The fraction of sp³-hybridized carbons (Fsp3) is 0.324. The van der Waals surface area contributed by atoms with Crippen molar-refractivity contribution in [1.82, 2.24) is 14.5 Å². The second-order valence-corrected chi connectivity index (χ2v) is 12.4. The third-order valence-corrected chi connectivity index (χ3v) is 9.00. The van der Waals surface area contributed by atoms with Gasteiger partial charge in [-0.05, 0) is 67.8 Å². The van der Waals surface area contributed by atoms with Crippen molar-refractivity contribution in [3.63, 3.8) is 0 Å². The topological polar surface area (TPSA) is 127 Å². The second kappa shape index (κ2) is 13.6. The number of aliphatic imine (C=N–C) groups is 1. The Labute approximate surface area is 271 Å². The van der Waals surface area contributed by atoms with Gasteiger partial charge in [-0.15, -0.1) is 11.3 Å². The number of fused-ring (bicyclic) bond motifs is 2. The standard InChI is InChI=1S/C34H36N6O5S/c1-21-14-22(18-36-32(21)30-9-7-13-46-30)38-33(42)27-15-23(20-39(27)2)37-31(41)10-6-12-45-29-17-26-25(16-28(29)44-3)34(43)40-11-5-4-8-24(40)19-35-26/h7,9,13-20,24H,4-6,8,10-12H2,1-3H3,(H,37,41)(H,38,42)/t24-/m0/s1. The van der Waals surface area contributed by atoms with E-state index in [9.17, 15) is 14.4 Å². The minimum atomic E-state index is -0.307. The third kappa shape index (κ3) is 6.66. The number of hydrogen-bond donors (Lipinski definition) is 2. The molecule has 3 aromatic heterocycles. The van der Waals surface area contributed by atoms with Crippen molar-refractivity contribution in [2.45, 2.75) is 45.1 Å². The van der Waals surface area contributed by atoms with Crippen molar-refractivity contribution >= 4 is 52.3 Å². The number of benzene rings is 1. The van der Waals surface area contributed by atoms with E-state index in [1.807, 2.05) is 41.6 Å². The fourth-order valence-electron chi connectivity index (χ4n) is 5.79. The van der Waals surface area contributed by atoms with Crippen molar-refractivity contribution in [2.75, 3.05) is 30.9 Å². The molecule has 1 atom stereocenters. The molecule has 2 aliphatic heterocycles. The van der Waals surface area contributed by atoms with Crippen LogP contribution in [0.5, 0.6) is 11.5 Å². The molecule has 0 bridgehead atoms. The molecular weight excluding hydrogens is 604 g/mol. The average Bonchev–Trinajstić information content (AvgIpc) is 3.69. The van der Waals surface area contributed by atoms with Gasteiger partial charge in [0.05, 0.1) is 59.2 Å². The van der Waals surface area contributed by atoms with Crippen LogP contribution < -0.4 is 20.1 Å². The number of amides is 3. The Morgan fingerprint density at radius 3 is 2.76 bits per heavy atom. The monoisotopic (exact) mass is 640 g/mol. The highest BCUT2D eigenvalue weighted by atomic mass is 32.1. The summed E-state index contributed by atoms with van der Waals surface area (Å²) in [6.45, 7) is 2.94. The van der Waals surface area contributed by atoms with Gasteiger partial charge in [-0.3, -0.25) is 24.4 Å². The lowest BCUT2D eigenvalue weighted by Gasteiger charge is -2.32. The highest BCUT2D eigenvalue weighted by Gasteiger charge is 2.31. The Hall–Kier alpha value is -4.97. The lowest BCUT2D eigenvalue weighted by atomic mass is 10.0. The van der Waals surface area contributed by atoms with Gasteiger partial charge in [0, 0.05) is 38.5 Å². The van der Waals surface area contributed by atoms with Gasteiger partial charge in [0.1, 0.15) is 5.69 Å². The van der Waals surface area contributed by atoms with Crippen LogP contribution in [0, 0.1) is 6.92 Å². The summed E-state index contributed by atoms with van der Waals surface area (Å²) in [5.41, 5.74) is 4.41. The summed E-state index contributed by atoms with van der Waals surface area (Å²) in [5, 5.41) is 7.76. The highest BCUT2D eigenvalue weighted by Crippen LogP contribution is 2.38. The van der Waals surface area contributed by atoms with E-state index in [0.29, 0.717) is 46.2 Å². The SMILES string of the molecule is COc1cc2c(cc1OCCCC(=O)Nc1cc(C(=O)Nc3cnc(-c4cccs4)c(C)c3)n(C)c1)N=C[C@@H]1CCCCN1C2=O. The lowest BCUT2D eigenvalue weighted by molar-refractivity contribution is -0.116. The summed E-state index contributed by atoms with van der Waals surface area (Å²) in [5.74, 6) is 0.360. The van der Waals surface area contributed by atoms with E-state index in [1.165, 1.54) is 7.11 Å². The number of methoxy groups -OCH3 is 1. The molecule has 4 aromatic rings. The van der Waals surface area contributed by atoms with Crippen LogP contribution >= 0.6 is 11.3 Å². The molecule has 1 aromatic carbocycles. The number of thiophene rings is 1. The molecule has 2 N–H and O–H groups in total. The summed E-state index contributed by atoms with van der Waals surface area (Å²) in [6.07, 6.45) is 8.81. The summed E-state index contributed by atoms with van der Waals surface area (Å²) >= 11 is 1.62. The molecule has 2 aliphatic rings. The maximum Gasteiger partial charge on any atom is 0.272 e. The largest absolute Gasteiger partial charge is 0.493 e. The van der Waals surface area contributed by atoms with Crippen LogP contribution in [0.3, 0.4) is 0 Å². The van der Waals surface area contributed by atoms with Crippen molar-refractivity contribution in [3.8, 4) is 22.1 Å². The van der Waals surface area contributed by atoms with Crippen molar-refractivity contribution in [1.29, 1.82) is 0 Å². The first-order valence-corrected chi connectivity index (χ1v) is 16.2. The van der Waals surface area contributed by atoms with E-state index in [1.54, 1.807) is 53.5 Å². The summed E-state index contributed by atoms with van der Waals surface area (Å²) in [4.78, 5) is 51.0. The van der Waals surface area contributed by atoms with E-state index in [2.05, 4.69) is 20.6 Å². The van der Waals surface area contributed by atoms with Crippen LogP contribution in [0.2, 0.25) is 0 Å². The normalized spacial score (nSPS) is 15.5. The van der Waals surface area contributed by atoms with E-state index in [4.69, 9.17) is 9.47 Å². The van der Waals surface area contributed by atoms with Crippen LogP contribution in [-0.4, -0.2) is 64.7 Å². The smallest absolute Gasteiger partial charge is 0.272 e. The minimum absolute atomic E-state index is 0.00761. The van der Waals surface area contributed by atoms with Gasteiger partial charge in [0.25, 0.3) is 11.8 Å². The predicted octanol–water partition coefficient (Wildman–Crippen LogP) is 6.23. The molecule has 0 unspecified atom stereocenters. The second-order valence-electron chi connectivity index (χ2n) is 11.4. The number of aryl methyl sites for hydroxylation is 2. The Morgan fingerprint density at radius 2 is 1.98 bits per heavy atom. The van der Waals surface area contributed by atoms with Gasteiger partial charge >= 0.3 is 0 Å². The molecule has 1 saturated heterocycles. The minimum Gasteiger partial charge on any atom is -0.493 e. The number of nitrogens with one attached hydrogen (secondary N) is 2. The molecule has 3 amide bonds. The Kier molecular flexibility index (Phi) is 9.16. The maximum atomic E-state index is 13.2. The summed E-state index contributed by atoms with van der Waals surface area (Å²) < 4.78 is 13.2. The number of ether oxygens (including phenoxy) is 2. The third-order valence-electron chi connectivity index (χ3n) is 8.13. The van der Waals surface area contributed by atoms with Crippen LogP contribution in [-0.2, 0) is 11.8 Å². The fourth-order valence-corrected chi connectivity index (χ4v) is 6.58. The Morgan fingerprint density at radius 1 is 1.11 bits per heavy atom. The maximum absolute atomic E-state index is 13.2. The first-order chi connectivity index (χ1) is 22.3. The van der Waals surface area contributed by atoms with E-state index in [0.717, 1.165) is 41.9 Å². The molecule has 0 radical (unpaired) electrons. The van der Waals surface area contributed by atoms with Crippen LogP contribution in [0.4, 0.5) is 17.1 Å². The Balaban J connectivity index is 1.02. The number of hydrogen-bond acceptors (Lipinski definition) is 8. The zero-order valence-corrected chi connectivity index (χ0v) is 26.9. The molecule has 0 spiro atoms. The molecule has 11 nitrogen and oxygen atoms in total. The van der Waals surface area contributed by atoms with Crippen molar-refractivity contribution < 1.29 is 23.9 Å². The van der Waals surface area contributed by atoms with Gasteiger partial charge in [-0.1, -0.05) is 6.07 Å². The number of rotatable bonds is 10. The average molecular weight is 641 g/mol. The van der Waals surface area contributed by atoms with Gasteiger partial charge in [0.15, 0.2) is 11.5 Å².